The second-order valence-corrected chi connectivity index (χ2v) is 1.31. The largest absolute Gasteiger partial charge is 0.473 e. The zero-order chi connectivity index (χ0) is 6.41. The zero-order valence-electron chi connectivity index (χ0n) is 5.26. The Bertz CT molecular complexity index is 68.9. The van der Waals surface area contributed by atoms with Crippen molar-refractivity contribution in [1.82, 2.24) is 0 Å². The average molecular weight is 115 g/mol. The lowest BCUT2D eigenvalue weighted by Crippen LogP contribution is -2.05. The van der Waals surface area contributed by atoms with Crippen molar-refractivity contribution in [2.45, 2.75) is 13.2 Å². The molecule has 0 amide bonds. The van der Waals surface area contributed by atoms with E-state index in [4.69, 9.17) is 9.47 Å². The van der Waals surface area contributed by atoms with Crippen LogP contribution in [0.3, 0.4) is 0 Å². The summed E-state index contributed by atoms with van der Waals surface area (Å²) in [6, 6.07) is 0. The van der Waals surface area contributed by atoms with Crippen LogP contribution in [0.4, 0.5) is 0 Å². The van der Waals surface area contributed by atoms with Crippen molar-refractivity contribution >= 4 is 0 Å². The van der Waals surface area contributed by atoms with Crippen LogP contribution in [0.1, 0.15) is 6.92 Å². The molecule has 1 unspecified atom stereocenters. The molecule has 0 saturated carbocycles. The molecule has 0 bridgehead atoms. The predicted octanol–water partition coefficient (Wildman–Crippen LogP) is 1.34. The van der Waals surface area contributed by atoms with Crippen LogP contribution in [0, 0.1) is 6.92 Å². The highest BCUT2D eigenvalue weighted by Gasteiger charge is 1.90. The van der Waals surface area contributed by atoms with E-state index in [9.17, 15) is 0 Å². The lowest BCUT2D eigenvalue weighted by molar-refractivity contribution is -0.0678. The maximum absolute atomic E-state index is 4.88. The Morgan fingerprint density at radius 3 is 2.62 bits per heavy atom. The van der Waals surface area contributed by atoms with Gasteiger partial charge in [-0.15, -0.1) is 0 Å². The monoisotopic (exact) mass is 115 g/mol. The smallest absolute Gasteiger partial charge is 0.195 e. The summed E-state index contributed by atoms with van der Waals surface area (Å²) in [5.41, 5.74) is 0. The fraction of sp³-hybridized carbons (Fsp3) is 0.500. The van der Waals surface area contributed by atoms with Crippen molar-refractivity contribution in [3.8, 4) is 0 Å². The summed E-state index contributed by atoms with van der Waals surface area (Å²) in [5.74, 6) is 0. The number of rotatable bonds is 3. The molecule has 0 aromatic carbocycles. The molecule has 0 fully saturated rings. The van der Waals surface area contributed by atoms with Gasteiger partial charge >= 0.3 is 0 Å². The van der Waals surface area contributed by atoms with E-state index in [1.54, 1.807) is 20.1 Å². The van der Waals surface area contributed by atoms with Gasteiger partial charge < -0.3 is 9.47 Å². The van der Waals surface area contributed by atoms with Gasteiger partial charge in [0.15, 0.2) is 6.29 Å². The average Bonchev–Trinajstić information content (AvgIpc) is 1.83. The van der Waals surface area contributed by atoms with Gasteiger partial charge in [0.25, 0.3) is 0 Å². The van der Waals surface area contributed by atoms with E-state index in [1.165, 1.54) is 6.26 Å². The molecular weight excluding hydrogens is 104 g/mol. The SMILES string of the molecule is [CH2]/C=C/OC(C)OC. The van der Waals surface area contributed by atoms with Crippen molar-refractivity contribution in [3.05, 3.63) is 19.3 Å². The van der Waals surface area contributed by atoms with E-state index < -0.39 is 0 Å². The molecule has 0 rings (SSSR count). The normalized spacial score (nSPS) is 14.4. The van der Waals surface area contributed by atoms with E-state index in [0.717, 1.165) is 0 Å². The molecule has 0 aliphatic heterocycles. The van der Waals surface area contributed by atoms with Crippen LogP contribution in [0.5, 0.6) is 0 Å². The third kappa shape index (κ3) is 3.68. The highest BCUT2D eigenvalue weighted by atomic mass is 16.7. The van der Waals surface area contributed by atoms with E-state index in [0.29, 0.717) is 0 Å². The fourth-order valence-electron chi connectivity index (χ4n) is 0.222. The Hall–Kier alpha value is -0.500. The molecular formula is C6H11O2. The summed E-state index contributed by atoms with van der Waals surface area (Å²) < 4.78 is 9.63. The van der Waals surface area contributed by atoms with Crippen LogP contribution in [0.25, 0.3) is 0 Å². The third-order valence-corrected chi connectivity index (χ3v) is 0.698. The molecule has 0 spiro atoms. The van der Waals surface area contributed by atoms with Gasteiger partial charge in [-0.3, -0.25) is 0 Å². The van der Waals surface area contributed by atoms with E-state index in [1.807, 2.05) is 0 Å². The first-order valence-corrected chi connectivity index (χ1v) is 2.43. The van der Waals surface area contributed by atoms with Crippen LogP contribution in [-0.2, 0) is 9.47 Å². The van der Waals surface area contributed by atoms with Gasteiger partial charge in [-0.05, 0) is 19.9 Å². The predicted molar refractivity (Wildman–Crippen MR) is 32.1 cm³/mol. The second kappa shape index (κ2) is 4.65. The molecule has 0 aliphatic carbocycles. The number of hydrogen-bond acceptors (Lipinski definition) is 2. The first kappa shape index (κ1) is 7.50. The summed E-state index contributed by atoms with van der Waals surface area (Å²) in [5, 5.41) is 0. The number of allylic oxidation sites excluding steroid dienone is 1. The molecule has 0 saturated heterocycles. The Balaban J connectivity index is 3.10. The minimum atomic E-state index is -0.173. The van der Waals surface area contributed by atoms with Crippen LogP contribution >= 0.6 is 0 Å². The molecule has 2 heteroatoms. The van der Waals surface area contributed by atoms with Crippen LogP contribution in [0.2, 0.25) is 0 Å². The third-order valence-electron chi connectivity index (χ3n) is 0.698. The quantitative estimate of drug-likeness (QED) is 0.408. The first-order valence-electron chi connectivity index (χ1n) is 2.43. The Morgan fingerprint density at radius 1 is 1.62 bits per heavy atom. The van der Waals surface area contributed by atoms with Crippen LogP contribution in [-0.4, -0.2) is 13.4 Å². The van der Waals surface area contributed by atoms with Gasteiger partial charge in [-0.25, -0.2) is 0 Å². The summed E-state index contributed by atoms with van der Waals surface area (Å²) in [6.07, 6.45) is 2.89. The molecule has 0 aromatic heterocycles. The van der Waals surface area contributed by atoms with Crippen molar-refractivity contribution in [3.63, 3.8) is 0 Å². The van der Waals surface area contributed by atoms with E-state index in [-0.39, 0.29) is 6.29 Å². The van der Waals surface area contributed by atoms with Crippen molar-refractivity contribution in [1.29, 1.82) is 0 Å². The molecule has 8 heavy (non-hydrogen) atoms. The minimum absolute atomic E-state index is 0.173. The maximum Gasteiger partial charge on any atom is 0.195 e. The lowest BCUT2D eigenvalue weighted by atomic mass is 10.7. The molecule has 0 aromatic rings. The Labute approximate surface area is 50.1 Å². The topological polar surface area (TPSA) is 18.5 Å². The second-order valence-electron chi connectivity index (χ2n) is 1.31. The number of hydrogen-bond donors (Lipinski definition) is 0. The maximum atomic E-state index is 4.88. The first-order chi connectivity index (χ1) is 3.81. The summed E-state index contributed by atoms with van der Waals surface area (Å²) in [6.45, 7) is 5.24. The Kier molecular flexibility index (Phi) is 4.36. The standard InChI is InChI=1S/C6H11O2/c1-4-5-8-6(2)7-3/h4-6H,1H2,2-3H3/b5-4+. The number of ether oxygens (including phenoxy) is 2. The van der Waals surface area contributed by atoms with Gasteiger partial charge in [-0.2, -0.15) is 0 Å². The molecule has 0 aliphatic rings. The fourth-order valence-corrected chi connectivity index (χ4v) is 0.222. The van der Waals surface area contributed by atoms with E-state index >= 15 is 0 Å². The van der Waals surface area contributed by atoms with Crippen LogP contribution in [0.15, 0.2) is 12.3 Å². The zero-order valence-corrected chi connectivity index (χ0v) is 5.26. The van der Waals surface area contributed by atoms with E-state index in [2.05, 4.69) is 6.92 Å². The number of methoxy groups -OCH3 is 1. The van der Waals surface area contributed by atoms with Crippen molar-refractivity contribution < 1.29 is 9.47 Å². The summed E-state index contributed by atoms with van der Waals surface area (Å²) in [7, 11) is 1.58. The molecule has 0 N–H and O–H groups in total. The van der Waals surface area contributed by atoms with Gasteiger partial charge in [0.05, 0.1) is 6.26 Å². The van der Waals surface area contributed by atoms with Crippen molar-refractivity contribution in [2.24, 2.45) is 0 Å². The summed E-state index contributed by atoms with van der Waals surface area (Å²) >= 11 is 0. The van der Waals surface area contributed by atoms with Gasteiger partial charge in [-0.1, -0.05) is 0 Å². The van der Waals surface area contributed by atoms with Crippen LogP contribution < -0.4 is 0 Å². The lowest BCUT2D eigenvalue weighted by Gasteiger charge is -2.06. The van der Waals surface area contributed by atoms with Crippen molar-refractivity contribution in [2.75, 3.05) is 7.11 Å². The molecule has 1 radical (unpaired) electrons. The van der Waals surface area contributed by atoms with Gasteiger partial charge in [0, 0.05) is 7.11 Å². The molecule has 0 heterocycles. The molecule has 47 valence electrons. The highest BCUT2D eigenvalue weighted by Crippen LogP contribution is 1.89. The highest BCUT2D eigenvalue weighted by molar-refractivity contribution is 4.75. The van der Waals surface area contributed by atoms with Gasteiger partial charge in [0.2, 0.25) is 0 Å². The van der Waals surface area contributed by atoms with Gasteiger partial charge in [0.1, 0.15) is 0 Å². The summed E-state index contributed by atoms with van der Waals surface area (Å²) in [4.78, 5) is 0. The minimum Gasteiger partial charge on any atom is -0.473 e. The molecule has 1 atom stereocenters. The molecule has 2 nitrogen and oxygen atoms in total. The Morgan fingerprint density at radius 2 is 2.25 bits per heavy atom.